The van der Waals surface area contributed by atoms with Crippen LogP contribution in [0.4, 0.5) is 0 Å². The molecule has 1 aliphatic rings. The molecule has 11 heteroatoms. The molecule has 0 aromatic rings. The zero-order valence-corrected chi connectivity index (χ0v) is 51.1. The molecule has 9 unspecified atom stereocenters. The number of aliphatic hydroxyl groups excluding tert-OH is 7. The normalized spacial score (nSPS) is 19.6. The lowest BCUT2D eigenvalue weighted by Crippen LogP contribution is -2.60. The third-order valence-corrected chi connectivity index (χ3v) is 16.1. The first-order chi connectivity index (χ1) is 38.7. The molecule has 0 saturated carbocycles. The fourth-order valence-electron chi connectivity index (χ4n) is 10.7. The van der Waals surface area contributed by atoms with Crippen LogP contribution in [0.15, 0.2) is 48.6 Å². The Balaban J connectivity index is 2.17. The predicted molar refractivity (Wildman–Crippen MR) is 330 cm³/mol. The van der Waals surface area contributed by atoms with Gasteiger partial charge in [0.1, 0.15) is 36.6 Å². The summed E-state index contributed by atoms with van der Waals surface area (Å²) in [6.45, 7) is 3.46. The van der Waals surface area contributed by atoms with E-state index >= 15 is 0 Å². The molecule has 1 aliphatic heterocycles. The summed E-state index contributed by atoms with van der Waals surface area (Å²) in [7, 11) is 0. The highest BCUT2D eigenvalue weighted by molar-refractivity contribution is 5.80. The summed E-state index contributed by atoms with van der Waals surface area (Å²) >= 11 is 0. The summed E-state index contributed by atoms with van der Waals surface area (Å²) in [5.74, 6) is -0.708. The average Bonchev–Trinajstić information content (AvgIpc) is 3.46. The molecule has 1 amide bonds. The van der Waals surface area contributed by atoms with Gasteiger partial charge in [-0.15, -0.1) is 0 Å². The number of rotatable bonds is 58. The van der Waals surface area contributed by atoms with Gasteiger partial charge >= 0.3 is 0 Å². The van der Waals surface area contributed by atoms with Gasteiger partial charge in [0.2, 0.25) is 5.91 Å². The fraction of sp³-hybridized carbons (Fsp3) is 0.868. The van der Waals surface area contributed by atoms with Gasteiger partial charge in [0, 0.05) is 0 Å². The van der Waals surface area contributed by atoms with E-state index in [1.54, 1.807) is 0 Å². The number of carbonyl (C=O) groups is 1. The van der Waals surface area contributed by atoms with Crippen molar-refractivity contribution in [1.29, 1.82) is 0 Å². The van der Waals surface area contributed by atoms with Crippen molar-refractivity contribution in [2.75, 3.05) is 13.2 Å². The Morgan fingerprint density at radius 2 is 0.797 bits per heavy atom. The summed E-state index contributed by atoms with van der Waals surface area (Å²) in [6.07, 6.45) is 62.0. The second-order valence-electron chi connectivity index (χ2n) is 23.5. The van der Waals surface area contributed by atoms with Crippen LogP contribution >= 0.6 is 0 Å². The highest BCUT2D eigenvalue weighted by Crippen LogP contribution is 2.24. The summed E-state index contributed by atoms with van der Waals surface area (Å²) in [5.41, 5.74) is 0. The number of amides is 1. The topological polar surface area (TPSA) is 189 Å². The lowest BCUT2D eigenvalue weighted by atomic mass is 9.98. The third kappa shape index (κ3) is 44.3. The Hall–Kier alpha value is -1.93. The Morgan fingerprint density at radius 3 is 1.20 bits per heavy atom. The molecule has 0 spiro atoms. The van der Waals surface area contributed by atoms with Crippen molar-refractivity contribution in [1.82, 2.24) is 5.32 Å². The summed E-state index contributed by atoms with van der Waals surface area (Å²) in [5, 5.41) is 76.2. The summed E-state index contributed by atoms with van der Waals surface area (Å²) < 4.78 is 11.1. The Labute approximate surface area is 485 Å². The quantitative estimate of drug-likeness (QED) is 0.0215. The molecular formula is C68H127NO10. The van der Waals surface area contributed by atoms with Gasteiger partial charge in [-0.3, -0.25) is 4.79 Å². The Bertz CT molecular complexity index is 1420. The zero-order valence-electron chi connectivity index (χ0n) is 51.1. The molecule has 464 valence electrons. The van der Waals surface area contributed by atoms with Gasteiger partial charge in [0.25, 0.3) is 0 Å². The monoisotopic (exact) mass is 1120 g/mol. The first-order valence-corrected chi connectivity index (χ1v) is 33.5. The van der Waals surface area contributed by atoms with Crippen LogP contribution in [0.1, 0.15) is 309 Å². The molecular weight excluding hydrogens is 991 g/mol. The number of ether oxygens (including phenoxy) is 2. The number of nitrogens with one attached hydrogen (secondary N) is 1. The molecule has 0 aromatic carbocycles. The standard InChI is InChI=1S/C68H127NO10/c1-3-5-7-9-11-13-15-17-19-21-22-23-24-25-26-27-28-29-30-31-32-33-34-35-36-37-38-39-40-42-44-46-48-50-52-54-56-61(72)67(77)69-59(58-78-68-66(76)65(75)64(74)62(57-70)79-68)63(73)60(71)55-53-51-49-47-45-43-41-20-18-16-14-12-10-8-6-4-2/h20,26-27,29-30,41,47,49,59-66,68,70-76H,3-19,21-25,28,31-40,42-46,48,50-58H2,1-2H3,(H,69,77)/b27-26-,30-29-,41-20+,49-47+. The molecule has 9 atom stereocenters. The number of carbonyl (C=O) groups excluding carboxylic acids is 1. The van der Waals surface area contributed by atoms with Crippen LogP contribution in [0, 0.1) is 0 Å². The minimum absolute atomic E-state index is 0.246. The highest BCUT2D eigenvalue weighted by atomic mass is 16.7. The molecule has 1 heterocycles. The maximum atomic E-state index is 13.2. The third-order valence-electron chi connectivity index (χ3n) is 16.1. The SMILES string of the molecule is CCCCCCCCC/C=C/CC/C=C/CCCC(O)C(O)C(COC1OC(CO)C(O)C(O)C1O)NC(=O)C(O)CCCCCCCCCCCCCCCCCC/C=C\C/C=C\CCCCCCCCCCCCCCC. The van der Waals surface area contributed by atoms with Crippen LogP contribution in [0.5, 0.6) is 0 Å². The molecule has 0 aromatic heterocycles. The molecule has 1 saturated heterocycles. The van der Waals surface area contributed by atoms with E-state index in [-0.39, 0.29) is 12.8 Å². The fourth-order valence-corrected chi connectivity index (χ4v) is 10.7. The minimum atomic E-state index is -1.67. The van der Waals surface area contributed by atoms with Crippen LogP contribution in [0.2, 0.25) is 0 Å². The minimum Gasteiger partial charge on any atom is -0.394 e. The number of aliphatic hydroxyl groups is 7. The Kier molecular flexibility index (Phi) is 53.7. The summed E-state index contributed by atoms with van der Waals surface area (Å²) in [6, 6.07) is -1.19. The van der Waals surface area contributed by atoms with Crippen LogP contribution in [-0.2, 0) is 14.3 Å². The van der Waals surface area contributed by atoms with Crippen molar-refractivity contribution >= 4 is 5.91 Å². The van der Waals surface area contributed by atoms with E-state index < -0.39 is 74.2 Å². The van der Waals surface area contributed by atoms with Gasteiger partial charge in [-0.2, -0.15) is 0 Å². The zero-order chi connectivity index (χ0) is 57.5. The molecule has 1 fully saturated rings. The van der Waals surface area contributed by atoms with Crippen molar-refractivity contribution in [3.05, 3.63) is 48.6 Å². The maximum Gasteiger partial charge on any atom is 0.249 e. The largest absolute Gasteiger partial charge is 0.394 e. The van der Waals surface area contributed by atoms with E-state index in [1.165, 1.54) is 218 Å². The van der Waals surface area contributed by atoms with E-state index in [9.17, 15) is 40.5 Å². The van der Waals surface area contributed by atoms with Crippen molar-refractivity contribution in [2.45, 2.75) is 364 Å². The van der Waals surface area contributed by atoms with Crippen LogP contribution in [-0.4, -0.2) is 110 Å². The molecule has 0 radical (unpaired) electrons. The molecule has 8 N–H and O–H groups in total. The van der Waals surface area contributed by atoms with E-state index in [4.69, 9.17) is 9.47 Å². The predicted octanol–water partition coefficient (Wildman–Crippen LogP) is 15.6. The molecule has 79 heavy (non-hydrogen) atoms. The second-order valence-corrected chi connectivity index (χ2v) is 23.5. The Morgan fingerprint density at radius 1 is 0.443 bits per heavy atom. The average molecular weight is 1120 g/mol. The molecule has 1 rings (SSSR count). The van der Waals surface area contributed by atoms with Crippen molar-refractivity contribution in [3.63, 3.8) is 0 Å². The first-order valence-electron chi connectivity index (χ1n) is 33.5. The van der Waals surface area contributed by atoms with Crippen molar-refractivity contribution < 1.29 is 50.0 Å². The van der Waals surface area contributed by atoms with E-state index in [0.717, 1.165) is 44.9 Å². The highest BCUT2D eigenvalue weighted by Gasteiger charge is 2.44. The van der Waals surface area contributed by atoms with Gasteiger partial charge < -0.3 is 50.5 Å². The second kappa shape index (κ2) is 56.5. The first kappa shape index (κ1) is 75.1. The smallest absolute Gasteiger partial charge is 0.249 e. The van der Waals surface area contributed by atoms with Gasteiger partial charge in [-0.1, -0.05) is 274 Å². The van der Waals surface area contributed by atoms with Gasteiger partial charge in [-0.25, -0.2) is 0 Å². The van der Waals surface area contributed by atoms with Crippen LogP contribution in [0.25, 0.3) is 0 Å². The summed E-state index contributed by atoms with van der Waals surface area (Å²) in [4.78, 5) is 13.2. The van der Waals surface area contributed by atoms with E-state index in [0.29, 0.717) is 19.3 Å². The van der Waals surface area contributed by atoms with Gasteiger partial charge in [-0.05, 0) is 83.5 Å². The molecule has 11 nitrogen and oxygen atoms in total. The number of unbranched alkanes of at least 4 members (excludes halogenated alkanes) is 38. The molecule has 0 bridgehead atoms. The maximum absolute atomic E-state index is 13.2. The van der Waals surface area contributed by atoms with Crippen LogP contribution in [0.3, 0.4) is 0 Å². The van der Waals surface area contributed by atoms with E-state index in [2.05, 4.69) is 67.8 Å². The van der Waals surface area contributed by atoms with Gasteiger partial charge in [0.05, 0.1) is 25.4 Å². The number of hydrogen-bond acceptors (Lipinski definition) is 10. The number of hydrogen-bond donors (Lipinski definition) is 8. The van der Waals surface area contributed by atoms with E-state index in [1.807, 2.05) is 0 Å². The van der Waals surface area contributed by atoms with Crippen LogP contribution < -0.4 is 5.32 Å². The van der Waals surface area contributed by atoms with Crippen molar-refractivity contribution in [3.8, 4) is 0 Å². The lowest BCUT2D eigenvalue weighted by Gasteiger charge is -2.40. The molecule has 0 aliphatic carbocycles. The number of allylic oxidation sites excluding steroid dienone is 8. The van der Waals surface area contributed by atoms with Crippen molar-refractivity contribution in [2.24, 2.45) is 0 Å². The lowest BCUT2D eigenvalue weighted by molar-refractivity contribution is -0.303. The van der Waals surface area contributed by atoms with Gasteiger partial charge in [0.15, 0.2) is 6.29 Å².